The van der Waals surface area contributed by atoms with Crippen molar-refractivity contribution in [2.45, 2.75) is 0 Å². The largest absolute Gasteiger partial charge is 0.309 e. The molecule has 440 valence electrons. The lowest BCUT2D eigenvalue weighted by molar-refractivity contribution is 0.381. The van der Waals surface area contributed by atoms with Gasteiger partial charge in [0.2, 0.25) is 5.82 Å². The molecule has 16 aromatic rings. The maximum atomic E-state index is 17.4. The van der Waals surface area contributed by atoms with Gasteiger partial charge in [-0.15, -0.1) is 0 Å². The summed E-state index contributed by atoms with van der Waals surface area (Å²) in [6.45, 7) is 0. The summed E-state index contributed by atoms with van der Waals surface area (Å²) in [4.78, 5) is 20.4. The Morgan fingerprint density at radius 3 is 0.817 bits per heavy atom. The highest BCUT2D eigenvalue weighted by Crippen LogP contribution is 2.46. The van der Waals surface area contributed by atoms with E-state index in [1.165, 1.54) is 12.1 Å². The first-order chi connectivity index (χ1) is 45.6. The highest BCUT2D eigenvalue weighted by atomic mass is 19.2. The van der Waals surface area contributed by atoms with Crippen LogP contribution in [-0.4, -0.2) is 29.1 Å². The van der Waals surface area contributed by atoms with Crippen LogP contribution in [0.1, 0.15) is 5.56 Å². The third kappa shape index (κ3) is 9.74. The van der Waals surface area contributed by atoms with Gasteiger partial charge in [0.25, 0.3) is 0 Å². The van der Waals surface area contributed by atoms with E-state index in [0.717, 1.165) is 44.4 Å². The lowest BCUT2D eigenvalue weighted by Gasteiger charge is -2.20. The molecule has 7 nitrogen and oxygen atoms in total. The molecule has 0 saturated heterocycles. The summed E-state index contributed by atoms with van der Waals surface area (Å²) in [7, 11) is 0. The molecule has 0 spiro atoms. The lowest BCUT2D eigenvalue weighted by Crippen LogP contribution is -2.09. The molecule has 0 aliphatic carbocycles. The Labute approximate surface area is 529 Å². The Morgan fingerprint density at radius 2 is 0.527 bits per heavy atom. The van der Waals surface area contributed by atoms with E-state index in [1.807, 2.05) is 271 Å². The molecule has 0 amide bonds. The second-order valence-corrected chi connectivity index (χ2v) is 22.6. The van der Waals surface area contributed by atoms with Crippen LogP contribution in [-0.2, 0) is 0 Å². The minimum atomic E-state index is -2.32. The molecule has 6 aromatic heterocycles. The van der Waals surface area contributed by atoms with Crippen molar-refractivity contribution in [3.05, 3.63) is 314 Å². The molecule has 6 heterocycles. The first-order valence-electron chi connectivity index (χ1n) is 30.0. The monoisotopic (exact) mass is 1210 g/mol. The summed E-state index contributed by atoms with van der Waals surface area (Å²) in [5.74, 6) is -10.7. The fourth-order valence-electron chi connectivity index (χ4n) is 12.7. The van der Waals surface area contributed by atoms with Gasteiger partial charge in [0.05, 0.1) is 90.1 Å². The zero-order valence-electron chi connectivity index (χ0n) is 49.1. The maximum absolute atomic E-state index is 17.4. The number of aromatic nitrogens is 6. The molecule has 12 heteroatoms. The van der Waals surface area contributed by atoms with Crippen molar-refractivity contribution in [3.8, 4) is 119 Å². The third-order valence-corrected chi connectivity index (χ3v) is 17.2. The van der Waals surface area contributed by atoms with Gasteiger partial charge in [0, 0.05) is 71.6 Å². The second kappa shape index (κ2) is 22.8. The summed E-state index contributed by atoms with van der Waals surface area (Å²) in [5.41, 5.74) is 12.1. The van der Waals surface area contributed by atoms with Gasteiger partial charge in [0.15, 0.2) is 23.3 Å². The normalized spacial score (nSPS) is 11.5. The predicted octanol–water partition coefficient (Wildman–Crippen LogP) is 21.0. The highest BCUT2D eigenvalue weighted by Gasteiger charge is 2.31. The Balaban J connectivity index is 0.997. The molecule has 0 aliphatic rings. The highest BCUT2D eigenvalue weighted by molar-refractivity contribution is 6.13. The molecule has 0 saturated carbocycles. The fourth-order valence-corrected chi connectivity index (χ4v) is 12.7. The maximum Gasteiger partial charge on any atom is 0.200 e. The van der Waals surface area contributed by atoms with Crippen molar-refractivity contribution in [1.82, 2.24) is 29.1 Å². The van der Waals surface area contributed by atoms with Gasteiger partial charge in [-0.05, 0) is 84.9 Å². The smallest absolute Gasteiger partial charge is 0.200 e. The third-order valence-electron chi connectivity index (χ3n) is 17.2. The summed E-state index contributed by atoms with van der Waals surface area (Å²) < 4.78 is 86.3. The van der Waals surface area contributed by atoms with Crippen molar-refractivity contribution in [2.75, 3.05) is 0 Å². The minimum Gasteiger partial charge on any atom is -0.309 e. The van der Waals surface area contributed by atoms with Crippen LogP contribution in [0, 0.1) is 40.4 Å². The molecule has 0 atom stereocenters. The summed E-state index contributed by atoms with van der Waals surface area (Å²) in [5, 5.41) is 14.7. The molecule has 16 rings (SSSR count). The van der Waals surface area contributed by atoms with Crippen molar-refractivity contribution >= 4 is 43.6 Å². The van der Waals surface area contributed by atoms with Gasteiger partial charge in [-0.1, -0.05) is 194 Å². The number of halogens is 5. The molecule has 0 aliphatic heterocycles. The van der Waals surface area contributed by atoms with Crippen molar-refractivity contribution in [3.63, 3.8) is 0 Å². The Morgan fingerprint density at radius 1 is 0.258 bits per heavy atom. The molecule has 0 radical (unpaired) electrons. The van der Waals surface area contributed by atoms with Crippen molar-refractivity contribution < 1.29 is 22.0 Å². The number of pyridine rings is 4. The van der Waals surface area contributed by atoms with Crippen LogP contribution >= 0.6 is 0 Å². The van der Waals surface area contributed by atoms with Crippen molar-refractivity contribution in [2.24, 2.45) is 0 Å². The molecular weight excluding hydrogens is 1170 g/mol. The van der Waals surface area contributed by atoms with Gasteiger partial charge in [-0.3, -0.25) is 0 Å². The van der Waals surface area contributed by atoms with Crippen LogP contribution in [0.4, 0.5) is 22.0 Å². The quantitative estimate of drug-likeness (QED) is 0.0732. The van der Waals surface area contributed by atoms with Gasteiger partial charge < -0.3 is 9.13 Å². The first-order valence-corrected chi connectivity index (χ1v) is 30.0. The van der Waals surface area contributed by atoms with Crippen LogP contribution in [0.2, 0.25) is 0 Å². The van der Waals surface area contributed by atoms with E-state index >= 15 is 22.0 Å². The van der Waals surface area contributed by atoms with Crippen LogP contribution < -0.4 is 0 Å². The second-order valence-electron chi connectivity index (χ2n) is 22.6. The molecule has 0 bridgehead atoms. The van der Waals surface area contributed by atoms with E-state index in [4.69, 9.17) is 19.9 Å². The van der Waals surface area contributed by atoms with Crippen LogP contribution in [0.15, 0.2) is 279 Å². The molecule has 10 aromatic carbocycles. The number of rotatable bonds is 11. The van der Waals surface area contributed by atoms with E-state index in [0.29, 0.717) is 89.3 Å². The van der Waals surface area contributed by atoms with E-state index in [1.54, 1.807) is 4.57 Å². The first kappa shape index (κ1) is 55.8. The number of nitrogens with zero attached hydrogens (tertiary/aromatic N) is 7. The number of nitriles is 1. The zero-order valence-corrected chi connectivity index (χ0v) is 49.1. The number of fused-ring (bicyclic) bond motifs is 6. The van der Waals surface area contributed by atoms with Gasteiger partial charge in [-0.25, -0.2) is 41.9 Å². The average molecular weight is 1210 g/mol. The number of hydrogen-bond donors (Lipinski definition) is 0. The number of hydrogen-bond acceptors (Lipinski definition) is 5. The Kier molecular flexibility index (Phi) is 13.7. The fraction of sp³-hybridized carbons (Fsp3) is 0. The zero-order chi connectivity index (χ0) is 62.8. The van der Waals surface area contributed by atoms with E-state index in [-0.39, 0.29) is 16.9 Å². The summed E-state index contributed by atoms with van der Waals surface area (Å²) >= 11 is 0. The minimum absolute atomic E-state index is 0.00241. The topological polar surface area (TPSA) is 85.2 Å². The average Bonchev–Trinajstić information content (AvgIpc) is 1.67. The molecule has 0 unspecified atom stereocenters. The van der Waals surface area contributed by atoms with Gasteiger partial charge in [-0.2, -0.15) is 5.26 Å². The van der Waals surface area contributed by atoms with Crippen LogP contribution in [0.5, 0.6) is 0 Å². The summed E-state index contributed by atoms with van der Waals surface area (Å²) in [6.07, 6.45) is 0. The lowest BCUT2D eigenvalue weighted by atomic mass is 9.97. The van der Waals surface area contributed by atoms with Crippen LogP contribution in [0.3, 0.4) is 0 Å². The molecule has 0 fully saturated rings. The van der Waals surface area contributed by atoms with E-state index < -0.39 is 40.2 Å². The van der Waals surface area contributed by atoms with E-state index in [2.05, 4.69) is 6.07 Å². The predicted molar refractivity (Wildman–Crippen MR) is 360 cm³/mol. The van der Waals surface area contributed by atoms with Gasteiger partial charge >= 0.3 is 0 Å². The Bertz CT molecular complexity index is 5400. The van der Waals surface area contributed by atoms with Crippen molar-refractivity contribution in [1.29, 1.82) is 5.26 Å². The molecule has 93 heavy (non-hydrogen) atoms. The Hall–Kier alpha value is -12.5. The SMILES string of the molecule is N#Cc1cc(-n2c3cc(-c4cccc(-c5ccccc5)n4)ccc3c3ccc(-c4cccc(-c5ccccc5)n4)cc32)c(-c2c(F)c(F)c(F)c(F)c2F)cc1-n1c2cc(-c3cccc(-c4ccccc4)n3)ccc2c2ccc(-c3cccc(-c4ccccc4)n3)cc21. The standard InChI is InChI=1S/C81H46F5N7/c82-77-76(78(83)80(85)81(86)79(77)84)61-46-70(92-71-41-52(66-29-13-25-62(88-66)48-17-5-1-6-18-48)33-37-57(71)58-38-34-53(42-72(58)92)67-30-14-26-63(89-67)49-19-7-2-8-20-49)56(47-87)45-75(61)93-73-43-54(68-31-15-27-64(90-68)50-21-9-3-10-22-50)35-39-59(73)60-40-36-55(44-74(60)93)69-32-16-28-65(91-69)51-23-11-4-12-24-51/h1-46H. The molecular formula is C81H46F5N7. The molecule has 0 N–H and O–H groups in total. The van der Waals surface area contributed by atoms with E-state index in [9.17, 15) is 5.26 Å². The van der Waals surface area contributed by atoms with Crippen LogP contribution in [0.25, 0.3) is 156 Å². The van der Waals surface area contributed by atoms with Gasteiger partial charge in [0.1, 0.15) is 6.07 Å². The summed E-state index contributed by atoms with van der Waals surface area (Å²) in [6, 6.07) is 90.4. The number of benzene rings is 10.